The van der Waals surface area contributed by atoms with Gasteiger partial charge in [-0.25, -0.2) is 8.42 Å². The second-order valence-electron chi connectivity index (χ2n) is 3.97. The van der Waals surface area contributed by atoms with E-state index in [0.717, 1.165) is 7.11 Å². The van der Waals surface area contributed by atoms with E-state index in [-0.39, 0.29) is 16.5 Å². The van der Waals surface area contributed by atoms with Crippen LogP contribution in [-0.4, -0.2) is 39.3 Å². The topological polar surface area (TPSA) is 92.7 Å². The Balaban J connectivity index is 3.07. The first-order valence-corrected chi connectivity index (χ1v) is 7.67. The molecule has 0 saturated heterocycles. The van der Waals surface area contributed by atoms with Crippen LogP contribution in [0.25, 0.3) is 0 Å². The molecule has 0 heterocycles. The molecule has 1 unspecified atom stereocenters. The maximum absolute atomic E-state index is 12.1. The maximum Gasteiger partial charge on any atom is 0.323 e. The van der Waals surface area contributed by atoms with Crippen molar-refractivity contribution in [2.24, 2.45) is 0 Å². The van der Waals surface area contributed by atoms with Gasteiger partial charge in [0, 0.05) is 5.56 Å². The molecule has 1 atom stereocenters. The van der Waals surface area contributed by atoms with Crippen molar-refractivity contribution in [1.82, 2.24) is 4.72 Å². The highest BCUT2D eigenvalue weighted by Gasteiger charge is 2.24. The Morgan fingerprint density at radius 2 is 2.19 bits per heavy atom. The third kappa shape index (κ3) is 4.72. The summed E-state index contributed by atoms with van der Waals surface area (Å²) < 4.78 is 30.9. The van der Waals surface area contributed by atoms with E-state index in [1.807, 2.05) is 0 Å². The number of aliphatic hydroxyl groups is 1. The summed E-state index contributed by atoms with van der Waals surface area (Å²) in [6.07, 6.45) is 0. The zero-order chi connectivity index (χ0) is 16.0. The molecule has 114 valence electrons. The lowest BCUT2D eigenvalue weighted by Crippen LogP contribution is -2.39. The van der Waals surface area contributed by atoms with Crippen LogP contribution in [0, 0.1) is 11.8 Å². The van der Waals surface area contributed by atoms with E-state index in [4.69, 9.17) is 16.7 Å². The van der Waals surface area contributed by atoms with E-state index in [1.54, 1.807) is 0 Å². The molecule has 1 rings (SSSR count). The molecule has 1 aromatic rings. The SMILES string of the molecule is COC(=O)C(C)NS(=O)(=O)c1ccc(C#CCO)cc1Cl. The highest BCUT2D eigenvalue weighted by Crippen LogP contribution is 2.22. The number of methoxy groups -OCH3 is 1. The molecule has 0 radical (unpaired) electrons. The van der Waals surface area contributed by atoms with Gasteiger partial charge >= 0.3 is 5.97 Å². The van der Waals surface area contributed by atoms with Crippen LogP contribution in [0.5, 0.6) is 0 Å². The quantitative estimate of drug-likeness (QED) is 0.620. The fourth-order valence-electron chi connectivity index (χ4n) is 1.46. The van der Waals surface area contributed by atoms with Gasteiger partial charge in [-0.05, 0) is 25.1 Å². The Morgan fingerprint density at radius 1 is 1.52 bits per heavy atom. The molecule has 0 amide bonds. The van der Waals surface area contributed by atoms with E-state index in [0.29, 0.717) is 5.56 Å². The summed E-state index contributed by atoms with van der Waals surface area (Å²) in [5.74, 6) is 4.33. The maximum atomic E-state index is 12.1. The third-order valence-electron chi connectivity index (χ3n) is 2.42. The van der Waals surface area contributed by atoms with Gasteiger partial charge < -0.3 is 9.84 Å². The second-order valence-corrected chi connectivity index (χ2v) is 6.06. The number of benzene rings is 1. The van der Waals surface area contributed by atoms with Crippen molar-refractivity contribution in [2.45, 2.75) is 17.9 Å². The summed E-state index contributed by atoms with van der Waals surface area (Å²) in [4.78, 5) is 11.1. The molecule has 1 aromatic carbocycles. The Kier molecular flexibility index (Phi) is 6.18. The van der Waals surface area contributed by atoms with Gasteiger partial charge in [0.25, 0.3) is 0 Å². The van der Waals surface area contributed by atoms with Gasteiger partial charge in [-0.2, -0.15) is 4.72 Å². The average molecular weight is 332 g/mol. The fourth-order valence-corrected chi connectivity index (χ4v) is 3.20. The van der Waals surface area contributed by atoms with E-state index in [9.17, 15) is 13.2 Å². The number of sulfonamides is 1. The van der Waals surface area contributed by atoms with Gasteiger partial charge in [-0.3, -0.25) is 4.79 Å². The van der Waals surface area contributed by atoms with E-state index in [1.165, 1.54) is 25.1 Å². The molecule has 2 N–H and O–H groups in total. The number of halogens is 1. The number of hydrogen-bond acceptors (Lipinski definition) is 5. The molecule has 8 heteroatoms. The summed E-state index contributed by atoms with van der Waals surface area (Å²) in [5.41, 5.74) is 0.467. The summed E-state index contributed by atoms with van der Waals surface area (Å²) in [6, 6.07) is 3.05. The van der Waals surface area contributed by atoms with Crippen LogP contribution in [0.3, 0.4) is 0 Å². The van der Waals surface area contributed by atoms with Crippen molar-refractivity contribution >= 4 is 27.6 Å². The Bertz CT molecular complexity index is 690. The number of rotatable bonds is 4. The van der Waals surface area contributed by atoms with Crippen LogP contribution in [0.15, 0.2) is 23.1 Å². The van der Waals surface area contributed by atoms with Crippen LogP contribution in [0.1, 0.15) is 12.5 Å². The molecule has 21 heavy (non-hydrogen) atoms. The molecule has 0 fully saturated rings. The largest absolute Gasteiger partial charge is 0.468 e. The highest BCUT2D eigenvalue weighted by atomic mass is 35.5. The smallest absolute Gasteiger partial charge is 0.323 e. The molecule has 0 aliphatic carbocycles. The predicted molar refractivity (Wildman–Crippen MR) is 77.2 cm³/mol. The van der Waals surface area contributed by atoms with Crippen LogP contribution >= 0.6 is 11.6 Å². The van der Waals surface area contributed by atoms with Crippen molar-refractivity contribution in [1.29, 1.82) is 0 Å². The summed E-state index contributed by atoms with van der Waals surface area (Å²) in [5, 5.41) is 8.56. The molecule has 0 aromatic heterocycles. The lowest BCUT2D eigenvalue weighted by atomic mass is 10.2. The van der Waals surface area contributed by atoms with Crippen molar-refractivity contribution in [2.75, 3.05) is 13.7 Å². The number of aliphatic hydroxyl groups excluding tert-OH is 1. The Labute approximate surface area is 128 Å². The number of carbonyl (C=O) groups is 1. The van der Waals surface area contributed by atoms with Crippen LogP contribution < -0.4 is 4.72 Å². The summed E-state index contributed by atoms with van der Waals surface area (Å²) in [7, 11) is -2.80. The molecular weight excluding hydrogens is 318 g/mol. The number of hydrogen-bond donors (Lipinski definition) is 2. The molecular formula is C13H14ClNO5S. The van der Waals surface area contributed by atoms with Crippen LogP contribution in [0.2, 0.25) is 5.02 Å². The van der Waals surface area contributed by atoms with E-state index >= 15 is 0 Å². The molecule has 0 spiro atoms. The van der Waals surface area contributed by atoms with E-state index < -0.39 is 22.0 Å². The number of carbonyl (C=O) groups excluding carboxylic acids is 1. The zero-order valence-electron chi connectivity index (χ0n) is 11.4. The summed E-state index contributed by atoms with van der Waals surface area (Å²) in [6.45, 7) is 1.05. The third-order valence-corrected chi connectivity index (χ3v) is 4.44. The Hall–Kier alpha value is -1.59. The number of esters is 1. The van der Waals surface area contributed by atoms with Crippen molar-refractivity contribution in [3.63, 3.8) is 0 Å². The Morgan fingerprint density at radius 3 is 2.71 bits per heavy atom. The highest BCUT2D eigenvalue weighted by molar-refractivity contribution is 7.89. The van der Waals surface area contributed by atoms with Gasteiger partial charge in [-0.1, -0.05) is 23.4 Å². The molecule has 0 saturated carbocycles. The summed E-state index contributed by atoms with van der Waals surface area (Å²) >= 11 is 5.92. The van der Waals surface area contributed by atoms with Crippen molar-refractivity contribution in [3.05, 3.63) is 28.8 Å². The van der Waals surface area contributed by atoms with Crippen LogP contribution in [-0.2, 0) is 19.6 Å². The number of ether oxygens (including phenoxy) is 1. The second kappa shape index (κ2) is 7.43. The lowest BCUT2D eigenvalue weighted by Gasteiger charge is -2.13. The van der Waals surface area contributed by atoms with Crippen molar-refractivity contribution in [3.8, 4) is 11.8 Å². The standard InChI is InChI=1S/C13H14ClNO5S/c1-9(13(17)20-2)15-21(18,19)12-6-5-10(4-3-7-16)8-11(12)14/h5-6,8-9,15-16H,7H2,1-2H3. The monoisotopic (exact) mass is 331 g/mol. The molecule has 0 aliphatic rings. The van der Waals surface area contributed by atoms with Crippen LogP contribution in [0.4, 0.5) is 0 Å². The zero-order valence-corrected chi connectivity index (χ0v) is 13.0. The van der Waals surface area contributed by atoms with Crippen molar-refractivity contribution < 1.29 is 23.1 Å². The molecule has 0 aliphatic heterocycles. The first-order chi connectivity index (χ1) is 9.81. The van der Waals surface area contributed by atoms with Gasteiger partial charge in [0.1, 0.15) is 17.5 Å². The molecule has 0 bridgehead atoms. The van der Waals surface area contributed by atoms with Gasteiger partial charge in [-0.15, -0.1) is 0 Å². The van der Waals surface area contributed by atoms with E-state index in [2.05, 4.69) is 21.3 Å². The minimum Gasteiger partial charge on any atom is -0.468 e. The first-order valence-electron chi connectivity index (χ1n) is 5.81. The van der Waals surface area contributed by atoms with Gasteiger partial charge in [0.05, 0.1) is 12.1 Å². The average Bonchev–Trinajstić information content (AvgIpc) is 2.43. The normalized spacial score (nSPS) is 12.2. The number of nitrogens with one attached hydrogen (secondary N) is 1. The fraction of sp³-hybridized carbons (Fsp3) is 0.308. The first kappa shape index (κ1) is 17.5. The van der Waals surface area contributed by atoms with Gasteiger partial charge in [0.15, 0.2) is 0 Å². The minimum absolute atomic E-state index is 0.0377. The predicted octanol–water partition coefficient (Wildman–Crippen LogP) is 0.524. The lowest BCUT2D eigenvalue weighted by molar-refractivity contribution is -0.142. The van der Waals surface area contributed by atoms with Gasteiger partial charge in [0.2, 0.25) is 10.0 Å². The minimum atomic E-state index is -3.96. The molecule has 6 nitrogen and oxygen atoms in total.